The van der Waals surface area contributed by atoms with Crippen molar-refractivity contribution in [1.82, 2.24) is 24.1 Å². The van der Waals surface area contributed by atoms with Crippen molar-refractivity contribution in [3.05, 3.63) is 57.5 Å². The van der Waals surface area contributed by atoms with Gasteiger partial charge in [-0.1, -0.05) is 20.8 Å². The number of nitrogens with zero attached hydrogens (tertiary/aromatic N) is 5. The molecule has 0 radical (unpaired) electrons. The summed E-state index contributed by atoms with van der Waals surface area (Å²) in [6.45, 7) is 9.55. The van der Waals surface area contributed by atoms with E-state index in [-0.39, 0.29) is 42.0 Å². The normalized spacial score (nSPS) is 13.8. The molecule has 4 rings (SSSR count). The smallest absolute Gasteiger partial charge is 0.273 e. The Bertz CT molecular complexity index is 1280. The fourth-order valence-electron chi connectivity index (χ4n) is 3.68. The highest BCUT2D eigenvalue weighted by Crippen LogP contribution is 2.27. The van der Waals surface area contributed by atoms with Crippen molar-refractivity contribution in [2.75, 3.05) is 5.32 Å². The van der Waals surface area contributed by atoms with Gasteiger partial charge in [-0.2, -0.15) is 5.10 Å². The number of carbonyl (C=O) groups excluding carboxylic acids is 2. The largest absolute Gasteiger partial charge is 0.330 e. The summed E-state index contributed by atoms with van der Waals surface area (Å²) in [4.78, 5) is 44.6. The number of halogens is 1. The molecule has 1 aliphatic rings. The van der Waals surface area contributed by atoms with Crippen molar-refractivity contribution in [2.24, 2.45) is 0 Å². The molecule has 0 saturated heterocycles. The monoisotopic (exact) mass is 440 g/mol. The van der Waals surface area contributed by atoms with Crippen LogP contribution in [0.25, 0.3) is 5.65 Å². The summed E-state index contributed by atoms with van der Waals surface area (Å²) in [6, 6.07) is 4.16. The number of fused-ring (bicyclic) bond motifs is 3. The molecule has 1 aliphatic heterocycles. The Kier molecular flexibility index (Phi) is 5.10. The first-order chi connectivity index (χ1) is 15.0. The first-order valence-corrected chi connectivity index (χ1v) is 10.4. The molecule has 4 heterocycles. The Morgan fingerprint density at radius 2 is 1.97 bits per heavy atom. The standard InChI is InChI=1S/C22H25FN6O3/c1-12(2)27-10-14-19(21(27)32)29-18(8-15(26-29)22(3,4)5)28(20(14)31)11-17(30)25-16-7-6-13(23)9-24-16/h6-9,12H,10-11H2,1-5H3,(H,24,25,30). The summed E-state index contributed by atoms with van der Waals surface area (Å²) < 4.78 is 15.9. The summed E-state index contributed by atoms with van der Waals surface area (Å²) in [7, 11) is 0. The van der Waals surface area contributed by atoms with Crippen molar-refractivity contribution in [2.45, 2.75) is 59.2 Å². The molecular formula is C22H25FN6O3. The molecule has 0 aliphatic carbocycles. The van der Waals surface area contributed by atoms with E-state index < -0.39 is 17.3 Å². The van der Waals surface area contributed by atoms with Gasteiger partial charge >= 0.3 is 0 Å². The summed E-state index contributed by atoms with van der Waals surface area (Å²) in [6.07, 6.45) is 0.994. The quantitative estimate of drug-likeness (QED) is 0.671. The molecule has 9 nitrogen and oxygen atoms in total. The highest BCUT2D eigenvalue weighted by atomic mass is 19.1. The van der Waals surface area contributed by atoms with E-state index in [1.165, 1.54) is 21.2 Å². The molecule has 0 bridgehead atoms. The zero-order valence-corrected chi connectivity index (χ0v) is 18.6. The van der Waals surface area contributed by atoms with Gasteiger partial charge in [0.1, 0.15) is 29.5 Å². The first-order valence-electron chi connectivity index (χ1n) is 10.4. The second kappa shape index (κ2) is 7.54. The Morgan fingerprint density at radius 1 is 1.25 bits per heavy atom. The zero-order valence-electron chi connectivity index (χ0n) is 18.6. The lowest BCUT2D eigenvalue weighted by molar-refractivity contribution is -0.116. The maximum absolute atomic E-state index is 13.4. The van der Waals surface area contributed by atoms with Gasteiger partial charge in [-0.3, -0.25) is 19.0 Å². The molecule has 3 aromatic rings. The number of hydrogen-bond donors (Lipinski definition) is 1. The number of carbonyl (C=O) groups is 2. The topological polar surface area (TPSA) is 102 Å². The molecule has 0 saturated carbocycles. The number of pyridine rings is 1. The highest BCUT2D eigenvalue weighted by molar-refractivity contribution is 5.97. The zero-order chi connectivity index (χ0) is 23.4. The van der Waals surface area contributed by atoms with Gasteiger partial charge in [0.2, 0.25) is 5.91 Å². The number of aromatic nitrogens is 4. The third-order valence-electron chi connectivity index (χ3n) is 5.45. The molecule has 0 unspecified atom stereocenters. The summed E-state index contributed by atoms with van der Waals surface area (Å²) >= 11 is 0. The molecule has 0 fully saturated rings. The van der Waals surface area contributed by atoms with Crippen LogP contribution in [-0.4, -0.2) is 41.9 Å². The SMILES string of the molecule is CC(C)N1Cc2c(n3nc(C(C)(C)C)cc3n(CC(=O)Nc3ccc(F)cn3)c2=O)C1=O. The van der Waals surface area contributed by atoms with Crippen LogP contribution in [0.4, 0.5) is 10.2 Å². The van der Waals surface area contributed by atoms with E-state index in [2.05, 4.69) is 15.4 Å². The van der Waals surface area contributed by atoms with Gasteiger partial charge in [0, 0.05) is 17.5 Å². The van der Waals surface area contributed by atoms with Crippen LogP contribution in [0.2, 0.25) is 0 Å². The predicted octanol–water partition coefficient (Wildman–Crippen LogP) is 2.33. The fourth-order valence-corrected chi connectivity index (χ4v) is 3.68. The Hall–Kier alpha value is -3.56. The second-order valence-electron chi connectivity index (χ2n) is 9.20. The second-order valence-corrected chi connectivity index (χ2v) is 9.20. The van der Waals surface area contributed by atoms with E-state index >= 15 is 0 Å². The van der Waals surface area contributed by atoms with E-state index in [0.717, 1.165) is 6.20 Å². The first kappa shape index (κ1) is 21.7. The van der Waals surface area contributed by atoms with Gasteiger partial charge < -0.3 is 10.2 Å². The van der Waals surface area contributed by atoms with Gasteiger partial charge in [-0.05, 0) is 26.0 Å². The van der Waals surface area contributed by atoms with Crippen molar-refractivity contribution in [3.63, 3.8) is 0 Å². The molecule has 0 aromatic carbocycles. The van der Waals surface area contributed by atoms with Crippen molar-refractivity contribution >= 4 is 23.3 Å². The number of amides is 2. The molecule has 2 amide bonds. The number of hydrogen-bond acceptors (Lipinski definition) is 5. The Balaban J connectivity index is 1.82. The molecule has 0 atom stereocenters. The minimum absolute atomic E-state index is 0.0942. The molecular weight excluding hydrogens is 415 g/mol. The number of nitrogens with one attached hydrogen (secondary N) is 1. The number of anilines is 1. The van der Waals surface area contributed by atoms with Crippen LogP contribution in [0, 0.1) is 5.82 Å². The van der Waals surface area contributed by atoms with Gasteiger partial charge in [0.15, 0.2) is 0 Å². The minimum atomic E-state index is -0.520. The van der Waals surface area contributed by atoms with E-state index in [1.807, 2.05) is 34.6 Å². The van der Waals surface area contributed by atoms with Crippen molar-refractivity contribution in [1.29, 1.82) is 0 Å². The Morgan fingerprint density at radius 3 is 2.56 bits per heavy atom. The van der Waals surface area contributed by atoms with E-state index in [4.69, 9.17) is 0 Å². The summed E-state index contributed by atoms with van der Waals surface area (Å²) in [5, 5.41) is 7.19. The third-order valence-corrected chi connectivity index (χ3v) is 5.45. The summed E-state index contributed by atoms with van der Waals surface area (Å²) in [5.41, 5.74) is 0.861. The van der Waals surface area contributed by atoms with Crippen LogP contribution in [0.15, 0.2) is 29.2 Å². The molecule has 10 heteroatoms. The van der Waals surface area contributed by atoms with Gasteiger partial charge in [0.25, 0.3) is 11.5 Å². The van der Waals surface area contributed by atoms with Crippen molar-refractivity contribution in [3.8, 4) is 0 Å². The molecule has 168 valence electrons. The third kappa shape index (κ3) is 3.65. The summed E-state index contributed by atoms with van der Waals surface area (Å²) in [5.74, 6) is -1.11. The van der Waals surface area contributed by atoms with Crippen LogP contribution in [-0.2, 0) is 23.3 Å². The van der Waals surface area contributed by atoms with E-state index in [0.29, 0.717) is 16.9 Å². The predicted molar refractivity (Wildman–Crippen MR) is 116 cm³/mol. The molecule has 1 N–H and O–H groups in total. The van der Waals surface area contributed by atoms with Crippen molar-refractivity contribution < 1.29 is 14.0 Å². The van der Waals surface area contributed by atoms with Crippen LogP contribution in [0.1, 0.15) is 56.4 Å². The lowest BCUT2D eigenvalue weighted by Gasteiger charge is -2.19. The average molecular weight is 440 g/mol. The lowest BCUT2D eigenvalue weighted by Crippen LogP contribution is -2.32. The van der Waals surface area contributed by atoms with Gasteiger partial charge in [-0.25, -0.2) is 13.9 Å². The maximum Gasteiger partial charge on any atom is 0.273 e. The van der Waals surface area contributed by atoms with E-state index in [1.54, 1.807) is 11.0 Å². The molecule has 32 heavy (non-hydrogen) atoms. The number of rotatable bonds is 4. The molecule has 0 spiro atoms. The van der Waals surface area contributed by atoms with Crippen LogP contribution >= 0.6 is 0 Å². The van der Waals surface area contributed by atoms with Gasteiger partial charge in [0.05, 0.1) is 24.0 Å². The lowest BCUT2D eigenvalue weighted by atomic mass is 9.93. The van der Waals surface area contributed by atoms with Gasteiger partial charge in [-0.15, -0.1) is 0 Å². The van der Waals surface area contributed by atoms with E-state index in [9.17, 15) is 18.8 Å². The Labute approximate surface area is 183 Å². The maximum atomic E-state index is 13.4. The van der Waals surface area contributed by atoms with Crippen LogP contribution in [0.5, 0.6) is 0 Å². The fraction of sp³-hybridized carbons (Fsp3) is 0.409. The molecule has 3 aromatic heterocycles. The van der Waals surface area contributed by atoms with Crippen LogP contribution in [0.3, 0.4) is 0 Å². The average Bonchev–Trinajstić information content (AvgIpc) is 3.28. The minimum Gasteiger partial charge on any atom is -0.330 e. The van der Waals surface area contributed by atoms with Crippen LogP contribution < -0.4 is 10.9 Å². The highest BCUT2D eigenvalue weighted by Gasteiger charge is 2.36.